The van der Waals surface area contributed by atoms with Gasteiger partial charge >= 0.3 is 5.69 Å². The van der Waals surface area contributed by atoms with Crippen molar-refractivity contribution in [3.63, 3.8) is 0 Å². The monoisotopic (exact) mass is 566 g/mol. The van der Waals surface area contributed by atoms with E-state index >= 15 is 0 Å². The standard InChI is InChI=1S/C19H21F2IN4O6/c1-19(2)30-7-11(32-19)8-31-24-16(27)14-15(23-13-5-4-10(22)6-12(13)21)26(9-20)18(29)25(3)17(14)28/h4-6,11,23H,7-9H2,1-3H3,(H,24,27)/t11-/m1/s1. The summed E-state index contributed by atoms with van der Waals surface area (Å²) in [5.41, 5.74) is -0.753. The Hall–Kier alpha value is -2.36. The van der Waals surface area contributed by atoms with Crippen LogP contribution >= 0.6 is 22.6 Å². The average Bonchev–Trinajstić information content (AvgIpc) is 3.07. The minimum absolute atomic E-state index is 0.0905. The Morgan fingerprint density at radius 1 is 1.38 bits per heavy atom. The van der Waals surface area contributed by atoms with Gasteiger partial charge in [-0.1, -0.05) is 0 Å². The Labute approximate surface area is 194 Å². The summed E-state index contributed by atoms with van der Waals surface area (Å²) in [5.74, 6) is -3.08. The number of ether oxygens (including phenoxy) is 2. The second kappa shape index (κ2) is 9.64. The molecule has 13 heteroatoms. The third-order valence-corrected chi connectivity index (χ3v) is 5.25. The number of halogens is 3. The second-order valence-electron chi connectivity index (χ2n) is 7.36. The van der Waals surface area contributed by atoms with Crippen molar-refractivity contribution in [1.82, 2.24) is 14.6 Å². The molecule has 0 aliphatic carbocycles. The molecule has 1 aliphatic rings. The number of hydroxylamine groups is 1. The van der Waals surface area contributed by atoms with Gasteiger partial charge in [-0.25, -0.2) is 23.6 Å². The summed E-state index contributed by atoms with van der Waals surface area (Å²) < 4.78 is 40.6. The van der Waals surface area contributed by atoms with Crippen molar-refractivity contribution in [2.75, 3.05) is 18.5 Å². The highest BCUT2D eigenvalue weighted by Gasteiger charge is 2.33. The number of carbonyl (C=O) groups excluding carboxylic acids is 1. The number of aromatic nitrogens is 2. The highest BCUT2D eigenvalue weighted by Crippen LogP contribution is 2.24. The number of carbonyl (C=O) groups is 1. The van der Waals surface area contributed by atoms with Crippen LogP contribution in [0.4, 0.5) is 20.3 Å². The lowest BCUT2D eigenvalue weighted by Crippen LogP contribution is -2.44. The number of amides is 1. The first-order chi connectivity index (χ1) is 15.0. The number of hydrogen-bond donors (Lipinski definition) is 2. The predicted octanol–water partition coefficient (Wildman–Crippen LogP) is 1.77. The summed E-state index contributed by atoms with van der Waals surface area (Å²) in [6, 6.07) is 4.08. The van der Waals surface area contributed by atoms with Crippen LogP contribution in [0.25, 0.3) is 0 Å². The van der Waals surface area contributed by atoms with Crippen molar-refractivity contribution in [2.24, 2.45) is 7.05 Å². The fourth-order valence-electron chi connectivity index (χ4n) is 3.03. The first-order valence-electron chi connectivity index (χ1n) is 9.40. The zero-order valence-electron chi connectivity index (χ0n) is 17.4. The number of rotatable bonds is 7. The van der Waals surface area contributed by atoms with E-state index in [0.717, 1.165) is 7.05 Å². The molecule has 2 aromatic rings. The molecule has 1 aliphatic heterocycles. The largest absolute Gasteiger partial charge is 0.348 e. The van der Waals surface area contributed by atoms with Crippen molar-refractivity contribution >= 4 is 40.0 Å². The summed E-state index contributed by atoms with van der Waals surface area (Å²) in [6.45, 7) is 2.21. The van der Waals surface area contributed by atoms with Crippen LogP contribution in [-0.2, 0) is 28.2 Å². The lowest BCUT2D eigenvalue weighted by atomic mass is 10.2. The lowest BCUT2D eigenvalue weighted by Gasteiger charge is -2.18. The summed E-state index contributed by atoms with van der Waals surface area (Å²) in [7, 11) is 1.09. The fraction of sp³-hybridized carbons (Fsp3) is 0.421. The lowest BCUT2D eigenvalue weighted by molar-refractivity contribution is -0.147. The van der Waals surface area contributed by atoms with Gasteiger partial charge in [0.25, 0.3) is 11.5 Å². The Bertz CT molecular complexity index is 1150. The Balaban J connectivity index is 1.91. The molecule has 0 saturated carbocycles. The van der Waals surface area contributed by atoms with Gasteiger partial charge in [-0.15, -0.1) is 0 Å². The van der Waals surface area contributed by atoms with Crippen molar-refractivity contribution in [1.29, 1.82) is 0 Å². The molecule has 1 fully saturated rings. The van der Waals surface area contributed by atoms with Crippen LogP contribution in [-0.4, -0.2) is 40.1 Å². The third kappa shape index (κ3) is 5.16. The van der Waals surface area contributed by atoms with E-state index < -0.39 is 53.0 Å². The van der Waals surface area contributed by atoms with Gasteiger partial charge in [0.15, 0.2) is 12.6 Å². The van der Waals surface area contributed by atoms with Crippen molar-refractivity contribution in [2.45, 2.75) is 32.5 Å². The van der Waals surface area contributed by atoms with Crippen LogP contribution in [0.1, 0.15) is 24.2 Å². The third-order valence-electron chi connectivity index (χ3n) is 4.58. The van der Waals surface area contributed by atoms with Crippen LogP contribution in [0.2, 0.25) is 0 Å². The Morgan fingerprint density at radius 3 is 2.69 bits per heavy atom. The van der Waals surface area contributed by atoms with E-state index in [1.807, 2.05) is 22.6 Å². The maximum absolute atomic E-state index is 14.3. The van der Waals surface area contributed by atoms with Gasteiger partial charge in [0, 0.05) is 10.6 Å². The Kier molecular flexibility index (Phi) is 7.32. The first kappa shape index (κ1) is 24.3. The molecule has 1 aromatic heterocycles. The molecule has 32 heavy (non-hydrogen) atoms. The molecule has 0 bridgehead atoms. The van der Waals surface area contributed by atoms with Crippen LogP contribution < -0.4 is 22.0 Å². The summed E-state index contributed by atoms with van der Waals surface area (Å²) >= 11 is 1.90. The number of benzene rings is 1. The maximum Gasteiger partial charge on any atom is 0.334 e. The number of nitrogens with zero attached hydrogens (tertiary/aromatic N) is 2. The van der Waals surface area contributed by atoms with Gasteiger partial charge in [0.2, 0.25) is 0 Å². The summed E-state index contributed by atoms with van der Waals surface area (Å²) in [6.07, 6.45) is -0.466. The molecule has 174 valence electrons. The maximum atomic E-state index is 14.3. The first-order valence-corrected chi connectivity index (χ1v) is 10.5. The SMILES string of the molecule is Cn1c(=O)c(C(=O)NOC[C@H]2COC(C)(C)O2)c(Nc2ccc(I)cc2F)n(CF)c1=O. The smallest absolute Gasteiger partial charge is 0.334 e. The van der Waals surface area contributed by atoms with E-state index in [0.29, 0.717) is 12.7 Å². The molecule has 3 rings (SSSR count). The van der Waals surface area contributed by atoms with E-state index in [9.17, 15) is 23.2 Å². The van der Waals surface area contributed by atoms with Crippen molar-refractivity contribution in [3.05, 3.63) is 54.0 Å². The molecular weight excluding hydrogens is 545 g/mol. The minimum Gasteiger partial charge on any atom is -0.348 e. The van der Waals surface area contributed by atoms with E-state index in [1.54, 1.807) is 19.9 Å². The molecule has 10 nitrogen and oxygen atoms in total. The zero-order chi connectivity index (χ0) is 23.6. The molecule has 2 heterocycles. The van der Waals surface area contributed by atoms with E-state index in [-0.39, 0.29) is 18.9 Å². The normalized spacial score (nSPS) is 17.4. The van der Waals surface area contributed by atoms with Crippen molar-refractivity contribution < 1.29 is 27.9 Å². The summed E-state index contributed by atoms with van der Waals surface area (Å²) in [5, 5.41) is 2.49. The minimum atomic E-state index is -1.37. The van der Waals surface area contributed by atoms with Crippen LogP contribution in [0.3, 0.4) is 0 Å². The van der Waals surface area contributed by atoms with E-state index in [4.69, 9.17) is 14.3 Å². The number of hydrogen-bond acceptors (Lipinski definition) is 7. The van der Waals surface area contributed by atoms with Gasteiger partial charge < -0.3 is 14.8 Å². The molecule has 1 atom stereocenters. The molecule has 1 aromatic carbocycles. The van der Waals surface area contributed by atoms with Gasteiger partial charge in [-0.05, 0) is 54.6 Å². The number of nitrogens with one attached hydrogen (secondary N) is 2. The van der Waals surface area contributed by atoms with Gasteiger partial charge in [-0.3, -0.25) is 19.0 Å². The highest BCUT2D eigenvalue weighted by atomic mass is 127. The number of anilines is 2. The predicted molar refractivity (Wildman–Crippen MR) is 118 cm³/mol. The quantitative estimate of drug-likeness (QED) is 0.388. The molecule has 0 spiro atoms. The molecule has 2 N–H and O–H groups in total. The van der Waals surface area contributed by atoms with E-state index in [2.05, 4.69) is 10.8 Å². The van der Waals surface area contributed by atoms with Crippen LogP contribution in [0.15, 0.2) is 27.8 Å². The Morgan fingerprint density at radius 2 is 2.09 bits per heavy atom. The molecule has 1 saturated heterocycles. The average molecular weight is 566 g/mol. The fourth-order valence-corrected chi connectivity index (χ4v) is 3.48. The molecule has 1 amide bonds. The second-order valence-corrected chi connectivity index (χ2v) is 8.61. The zero-order valence-corrected chi connectivity index (χ0v) is 19.6. The van der Waals surface area contributed by atoms with Crippen molar-refractivity contribution in [3.8, 4) is 0 Å². The summed E-state index contributed by atoms with van der Waals surface area (Å²) in [4.78, 5) is 42.9. The molecule has 0 radical (unpaired) electrons. The van der Waals surface area contributed by atoms with E-state index in [1.165, 1.54) is 12.1 Å². The van der Waals surface area contributed by atoms with Gasteiger partial charge in [-0.2, -0.15) is 0 Å². The molecule has 0 unspecified atom stereocenters. The topological polar surface area (TPSA) is 113 Å². The van der Waals surface area contributed by atoms with Crippen LogP contribution in [0.5, 0.6) is 0 Å². The highest BCUT2D eigenvalue weighted by molar-refractivity contribution is 14.1. The molecular formula is C19H21F2IN4O6. The number of alkyl halides is 1. The van der Waals surface area contributed by atoms with Gasteiger partial charge in [0.1, 0.15) is 29.9 Å². The van der Waals surface area contributed by atoms with Gasteiger partial charge in [0.05, 0.1) is 12.3 Å². The van der Waals surface area contributed by atoms with Crippen LogP contribution in [0, 0.1) is 9.39 Å².